The Morgan fingerprint density at radius 2 is 1.89 bits per heavy atom. The molecular formula is C9H18BrNO5S2. The highest BCUT2D eigenvalue weighted by Crippen LogP contribution is 2.24. The number of nitrogens with zero attached hydrogens (tertiary/aromatic N) is 1. The summed E-state index contributed by atoms with van der Waals surface area (Å²) in [7, 11) is -7.39. The summed E-state index contributed by atoms with van der Waals surface area (Å²) in [6.45, 7) is 3.90. The molecule has 18 heavy (non-hydrogen) atoms. The number of halogens is 1. The molecule has 1 aliphatic heterocycles. The molecule has 0 saturated carbocycles. The molecule has 1 unspecified atom stereocenters. The fourth-order valence-corrected chi connectivity index (χ4v) is 5.88. The Morgan fingerprint density at radius 1 is 1.33 bits per heavy atom. The maximum atomic E-state index is 12.0. The monoisotopic (exact) mass is 363 g/mol. The first-order valence-corrected chi connectivity index (χ1v) is 10.1. The van der Waals surface area contributed by atoms with Crippen LogP contribution in [0.1, 0.15) is 13.8 Å². The summed E-state index contributed by atoms with van der Waals surface area (Å²) in [5.74, 6) is 0. The maximum Gasteiger partial charge on any atom is 0.228 e. The van der Waals surface area contributed by atoms with E-state index >= 15 is 0 Å². The van der Waals surface area contributed by atoms with Gasteiger partial charge in [0, 0.05) is 24.7 Å². The van der Waals surface area contributed by atoms with Crippen molar-refractivity contribution in [1.29, 1.82) is 0 Å². The smallest absolute Gasteiger partial charge is 0.228 e. The lowest BCUT2D eigenvalue weighted by atomic mass is 10.1. The van der Waals surface area contributed by atoms with Crippen molar-refractivity contribution >= 4 is 35.8 Å². The number of rotatable bonds is 4. The molecule has 0 aromatic carbocycles. The Morgan fingerprint density at radius 3 is 2.33 bits per heavy atom. The van der Waals surface area contributed by atoms with Crippen molar-refractivity contribution in [3.05, 3.63) is 0 Å². The molecule has 0 aliphatic carbocycles. The molecule has 1 aliphatic rings. The zero-order valence-electron chi connectivity index (χ0n) is 10.6. The molecule has 0 aromatic heterocycles. The number of sulfonamides is 1. The van der Waals surface area contributed by atoms with Crippen LogP contribution in [-0.4, -0.2) is 62.6 Å². The lowest BCUT2D eigenvalue weighted by molar-refractivity contribution is -0.106. The molecule has 1 heterocycles. The summed E-state index contributed by atoms with van der Waals surface area (Å²) in [6.07, 6.45) is 0.640. The average molecular weight is 364 g/mol. The summed E-state index contributed by atoms with van der Waals surface area (Å²) in [5, 5.41) is -0.355. The fourth-order valence-electron chi connectivity index (χ4n) is 1.88. The third kappa shape index (κ3) is 4.76. The first kappa shape index (κ1) is 16.4. The Kier molecular flexibility index (Phi) is 4.86. The molecule has 0 radical (unpaired) electrons. The van der Waals surface area contributed by atoms with E-state index in [0.717, 1.165) is 6.26 Å². The van der Waals surface area contributed by atoms with Crippen LogP contribution >= 0.6 is 15.9 Å². The van der Waals surface area contributed by atoms with Crippen LogP contribution in [0.5, 0.6) is 0 Å². The first-order valence-electron chi connectivity index (χ1n) is 5.34. The second-order valence-electron chi connectivity index (χ2n) is 5.10. The minimum atomic E-state index is -3.81. The highest BCUT2D eigenvalue weighted by atomic mass is 79.9. The van der Waals surface area contributed by atoms with E-state index in [1.165, 1.54) is 4.31 Å². The number of hydrogen-bond donors (Lipinski definition) is 0. The fraction of sp³-hybridized carbons (Fsp3) is 1.00. The van der Waals surface area contributed by atoms with E-state index < -0.39 is 30.5 Å². The Hall–Kier alpha value is 0.300. The maximum absolute atomic E-state index is 12.0. The molecule has 0 amide bonds. The van der Waals surface area contributed by atoms with Gasteiger partial charge in [0.1, 0.15) is 0 Å². The number of hydrogen-bond acceptors (Lipinski definition) is 5. The van der Waals surface area contributed by atoms with Crippen molar-refractivity contribution in [2.24, 2.45) is 0 Å². The summed E-state index contributed by atoms with van der Waals surface area (Å²) in [5.41, 5.74) is -0.624. The minimum Gasteiger partial charge on any atom is -0.369 e. The Balaban J connectivity index is 2.95. The third-order valence-electron chi connectivity index (χ3n) is 2.38. The molecule has 6 nitrogen and oxygen atoms in total. The number of ether oxygens (including phenoxy) is 1. The zero-order chi connectivity index (χ0) is 14.2. The van der Waals surface area contributed by atoms with Gasteiger partial charge in [-0.05, 0) is 13.8 Å². The van der Waals surface area contributed by atoms with Crippen LogP contribution in [0.2, 0.25) is 0 Å². The highest BCUT2D eigenvalue weighted by Gasteiger charge is 2.39. The summed E-state index contributed by atoms with van der Waals surface area (Å²) in [4.78, 5) is 0. The van der Waals surface area contributed by atoms with Gasteiger partial charge in [-0.3, -0.25) is 0 Å². The van der Waals surface area contributed by atoms with Gasteiger partial charge in [0.25, 0.3) is 0 Å². The zero-order valence-corrected chi connectivity index (χ0v) is 13.8. The van der Waals surface area contributed by atoms with Gasteiger partial charge in [0.2, 0.25) is 10.0 Å². The van der Waals surface area contributed by atoms with Gasteiger partial charge in [0.15, 0.2) is 14.9 Å². The van der Waals surface area contributed by atoms with Crippen molar-refractivity contribution in [2.45, 2.75) is 25.6 Å². The largest absolute Gasteiger partial charge is 0.369 e. The van der Waals surface area contributed by atoms with Gasteiger partial charge in [-0.2, -0.15) is 4.31 Å². The van der Waals surface area contributed by atoms with Gasteiger partial charge < -0.3 is 4.74 Å². The average Bonchev–Trinajstić information content (AvgIpc) is 2.11. The van der Waals surface area contributed by atoms with E-state index in [4.69, 9.17) is 4.74 Å². The van der Waals surface area contributed by atoms with Crippen LogP contribution in [0.4, 0.5) is 0 Å². The van der Waals surface area contributed by atoms with E-state index in [9.17, 15) is 16.8 Å². The molecule has 0 bridgehead atoms. The molecule has 1 fully saturated rings. The topological polar surface area (TPSA) is 80.8 Å². The molecule has 1 rings (SSSR count). The second kappa shape index (κ2) is 5.35. The summed E-state index contributed by atoms with van der Waals surface area (Å²) in [6, 6.07) is 0. The lowest BCUT2D eigenvalue weighted by Crippen LogP contribution is -2.55. The minimum absolute atomic E-state index is 0.161. The predicted molar refractivity (Wildman–Crippen MR) is 72.9 cm³/mol. The first-order chi connectivity index (χ1) is 7.95. The predicted octanol–water partition coefficient (Wildman–Crippen LogP) is 0.193. The van der Waals surface area contributed by atoms with Crippen molar-refractivity contribution in [3.63, 3.8) is 0 Å². The van der Waals surface area contributed by atoms with Crippen LogP contribution in [0.15, 0.2) is 0 Å². The number of alkyl halides is 1. The standard InChI is InChI=1S/C9H18BrNO5S2/c1-9(2)6-11(5-8(4-10)16-9)18(14,15)7-17(3,12)13/h8H,4-7H2,1-3H3. The quantitative estimate of drug-likeness (QED) is 0.666. The van der Waals surface area contributed by atoms with Crippen LogP contribution in [0.3, 0.4) is 0 Å². The van der Waals surface area contributed by atoms with Gasteiger partial charge in [-0.25, -0.2) is 16.8 Å². The van der Waals surface area contributed by atoms with E-state index in [0.29, 0.717) is 5.33 Å². The molecule has 108 valence electrons. The SMILES string of the molecule is CC1(C)CN(S(=O)(=O)CS(C)(=O)=O)CC(CBr)O1. The van der Waals surface area contributed by atoms with Gasteiger partial charge in [0.05, 0.1) is 11.7 Å². The molecule has 1 atom stereocenters. The van der Waals surface area contributed by atoms with Crippen LogP contribution in [0, 0.1) is 0 Å². The van der Waals surface area contributed by atoms with Crippen LogP contribution < -0.4 is 0 Å². The van der Waals surface area contributed by atoms with E-state index in [1.54, 1.807) is 13.8 Å². The normalized spacial score (nSPS) is 26.1. The highest BCUT2D eigenvalue weighted by molar-refractivity contribution is 9.09. The molecule has 0 spiro atoms. The van der Waals surface area contributed by atoms with E-state index in [1.807, 2.05) is 0 Å². The molecule has 9 heteroatoms. The van der Waals surface area contributed by atoms with Crippen molar-refractivity contribution in [3.8, 4) is 0 Å². The number of sulfone groups is 1. The van der Waals surface area contributed by atoms with Gasteiger partial charge >= 0.3 is 0 Å². The van der Waals surface area contributed by atoms with Crippen LogP contribution in [0.25, 0.3) is 0 Å². The van der Waals surface area contributed by atoms with Gasteiger partial charge in [-0.1, -0.05) is 15.9 Å². The molecular weight excluding hydrogens is 346 g/mol. The lowest BCUT2D eigenvalue weighted by Gasteiger charge is -2.41. The van der Waals surface area contributed by atoms with Crippen LogP contribution in [-0.2, 0) is 24.6 Å². The molecule has 0 N–H and O–H groups in total. The third-order valence-corrected chi connectivity index (χ3v) is 7.07. The van der Waals surface area contributed by atoms with Crippen molar-refractivity contribution < 1.29 is 21.6 Å². The summed E-state index contributed by atoms with van der Waals surface area (Å²) < 4.78 is 53.2. The molecule has 0 aromatic rings. The van der Waals surface area contributed by atoms with Crippen molar-refractivity contribution in [2.75, 3.05) is 29.8 Å². The Labute approximate surface area is 117 Å². The summed E-state index contributed by atoms with van der Waals surface area (Å²) >= 11 is 3.25. The number of morpholine rings is 1. The van der Waals surface area contributed by atoms with E-state index in [-0.39, 0.29) is 19.2 Å². The van der Waals surface area contributed by atoms with Gasteiger partial charge in [-0.15, -0.1) is 0 Å². The van der Waals surface area contributed by atoms with Crippen molar-refractivity contribution in [1.82, 2.24) is 4.31 Å². The Bertz CT molecular complexity index is 499. The second-order valence-corrected chi connectivity index (χ2v) is 10.2. The van der Waals surface area contributed by atoms with E-state index in [2.05, 4.69) is 15.9 Å². The molecule has 1 saturated heterocycles.